The number of rotatable bonds is 5. The van der Waals surface area contributed by atoms with Crippen LogP contribution in [0.5, 0.6) is 23.1 Å². The summed E-state index contributed by atoms with van der Waals surface area (Å²) in [5.74, 6) is 0.0888. The molecule has 0 spiro atoms. The number of aromatic amines is 1. The number of carbonyl (C=O) groups excluding carboxylic acids is 1. The van der Waals surface area contributed by atoms with E-state index in [4.69, 9.17) is 25.8 Å². The van der Waals surface area contributed by atoms with E-state index in [9.17, 15) is 9.90 Å². The molecule has 0 radical (unpaired) electrons. The van der Waals surface area contributed by atoms with Gasteiger partial charge < -0.3 is 24.3 Å². The highest BCUT2D eigenvalue weighted by Gasteiger charge is 2.18. The van der Waals surface area contributed by atoms with Gasteiger partial charge >= 0.3 is 0 Å². The number of nitrogens with one attached hydrogen (secondary N) is 1. The van der Waals surface area contributed by atoms with Gasteiger partial charge in [-0.05, 0) is 24.3 Å². The second-order valence-electron chi connectivity index (χ2n) is 5.40. The Morgan fingerprint density at radius 3 is 2.37 bits per heavy atom. The van der Waals surface area contributed by atoms with Crippen LogP contribution < -0.4 is 14.2 Å². The van der Waals surface area contributed by atoms with Crippen molar-refractivity contribution in [2.75, 3.05) is 21.3 Å². The topological polar surface area (TPSA) is 106 Å². The number of azo groups is 1. The number of H-pyrrole nitrogens is 1. The first-order valence-electron chi connectivity index (χ1n) is 7.75. The molecule has 0 aliphatic heterocycles. The van der Waals surface area contributed by atoms with Gasteiger partial charge in [-0.15, -0.1) is 10.2 Å². The summed E-state index contributed by atoms with van der Waals surface area (Å²) >= 11 is 6.16. The summed E-state index contributed by atoms with van der Waals surface area (Å²) in [5.41, 5.74) is 0.837. The lowest BCUT2D eigenvalue weighted by molar-refractivity contribution is 0.0994. The SMILES string of the molecule is COc1cc(C(=O)N=Nc2c(O)[nH]c3cccc(Cl)c23)cc(OC)c1OC. The number of methoxy groups -OCH3 is 3. The number of fused-ring (bicyclic) bond motifs is 1. The first kappa shape index (κ1) is 18.5. The molecule has 3 rings (SSSR count). The Balaban J connectivity index is 2.00. The van der Waals surface area contributed by atoms with E-state index >= 15 is 0 Å². The number of ether oxygens (including phenoxy) is 3. The van der Waals surface area contributed by atoms with Crippen LogP contribution in [0.1, 0.15) is 10.4 Å². The number of hydrogen-bond acceptors (Lipinski definition) is 6. The Hall–Kier alpha value is -3.26. The lowest BCUT2D eigenvalue weighted by Crippen LogP contribution is -2.00. The van der Waals surface area contributed by atoms with Crippen molar-refractivity contribution in [2.45, 2.75) is 0 Å². The molecule has 0 saturated heterocycles. The predicted octanol–water partition coefficient (Wildman–Crippen LogP) is 4.48. The highest BCUT2D eigenvalue weighted by Crippen LogP contribution is 2.40. The highest BCUT2D eigenvalue weighted by atomic mass is 35.5. The zero-order valence-corrected chi connectivity index (χ0v) is 15.5. The van der Waals surface area contributed by atoms with Gasteiger partial charge in [-0.25, -0.2) is 0 Å². The number of hydrogen-bond donors (Lipinski definition) is 2. The molecule has 0 unspecified atom stereocenters. The first-order chi connectivity index (χ1) is 13.0. The number of halogens is 1. The average Bonchev–Trinajstić information content (AvgIpc) is 3.01. The first-order valence-corrected chi connectivity index (χ1v) is 8.13. The molecule has 0 bridgehead atoms. The van der Waals surface area contributed by atoms with Crippen molar-refractivity contribution >= 4 is 34.1 Å². The van der Waals surface area contributed by atoms with E-state index in [-0.39, 0.29) is 17.1 Å². The third-order valence-electron chi connectivity index (χ3n) is 3.88. The van der Waals surface area contributed by atoms with Crippen LogP contribution in [0.25, 0.3) is 10.9 Å². The second-order valence-corrected chi connectivity index (χ2v) is 5.81. The van der Waals surface area contributed by atoms with Crippen molar-refractivity contribution in [3.63, 3.8) is 0 Å². The standard InChI is InChI=1S/C18H16ClN3O5/c1-25-12-7-9(8-13(26-2)16(12)27-3)17(23)22-21-15-14-10(19)5-4-6-11(14)20-18(15)24/h4-8,20,24H,1-3H3. The summed E-state index contributed by atoms with van der Waals surface area (Å²) in [4.78, 5) is 15.2. The minimum atomic E-state index is -0.657. The minimum absolute atomic E-state index is 0.0800. The van der Waals surface area contributed by atoms with E-state index in [1.807, 2.05) is 0 Å². The number of aromatic nitrogens is 1. The largest absolute Gasteiger partial charge is 0.493 e. The maximum Gasteiger partial charge on any atom is 0.295 e. The molecule has 1 aromatic heterocycles. The highest BCUT2D eigenvalue weighted by molar-refractivity contribution is 6.36. The Morgan fingerprint density at radius 2 is 1.78 bits per heavy atom. The molecule has 9 heteroatoms. The molecule has 27 heavy (non-hydrogen) atoms. The Morgan fingerprint density at radius 1 is 1.11 bits per heavy atom. The molecule has 1 amide bonds. The second kappa shape index (κ2) is 7.55. The van der Waals surface area contributed by atoms with Gasteiger partial charge in [0, 0.05) is 5.39 Å². The zero-order chi connectivity index (χ0) is 19.6. The molecule has 0 fully saturated rings. The van der Waals surface area contributed by atoms with Crippen molar-refractivity contribution < 1.29 is 24.1 Å². The quantitative estimate of drug-likeness (QED) is 0.626. The van der Waals surface area contributed by atoms with Gasteiger partial charge in [-0.3, -0.25) is 4.79 Å². The molecule has 2 aromatic carbocycles. The minimum Gasteiger partial charge on any atom is -0.493 e. The van der Waals surface area contributed by atoms with E-state index in [2.05, 4.69) is 15.2 Å². The van der Waals surface area contributed by atoms with Crippen molar-refractivity contribution in [2.24, 2.45) is 10.2 Å². The normalized spacial score (nSPS) is 11.1. The van der Waals surface area contributed by atoms with Crippen molar-refractivity contribution in [1.82, 2.24) is 4.98 Å². The van der Waals surface area contributed by atoms with Crippen LogP contribution in [-0.4, -0.2) is 37.3 Å². The van der Waals surface area contributed by atoms with Crippen LogP contribution >= 0.6 is 11.6 Å². The van der Waals surface area contributed by atoms with E-state index in [1.165, 1.54) is 33.5 Å². The summed E-state index contributed by atoms with van der Waals surface area (Å²) in [5, 5.41) is 18.5. The number of benzene rings is 2. The van der Waals surface area contributed by atoms with Gasteiger partial charge in [0.05, 0.1) is 37.4 Å². The summed E-state index contributed by atoms with van der Waals surface area (Å²) in [7, 11) is 4.35. The van der Waals surface area contributed by atoms with Crippen LogP contribution in [0.15, 0.2) is 40.6 Å². The number of amides is 1. The Kier molecular flexibility index (Phi) is 5.18. The van der Waals surface area contributed by atoms with E-state index < -0.39 is 5.91 Å². The summed E-state index contributed by atoms with van der Waals surface area (Å²) in [6, 6.07) is 8.02. The molecular formula is C18H16ClN3O5. The number of nitrogens with zero attached hydrogens (tertiary/aromatic N) is 2. The molecule has 8 nitrogen and oxygen atoms in total. The molecule has 1 heterocycles. The lowest BCUT2D eigenvalue weighted by Gasteiger charge is -2.12. The molecule has 3 aromatic rings. The van der Waals surface area contributed by atoms with Crippen molar-refractivity contribution in [3.8, 4) is 23.1 Å². The van der Waals surface area contributed by atoms with Crippen molar-refractivity contribution in [1.29, 1.82) is 0 Å². The van der Waals surface area contributed by atoms with E-state index in [0.717, 1.165) is 0 Å². The maximum absolute atomic E-state index is 12.5. The van der Waals surface area contributed by atoms with Crippen LogP contribution in [0.2, 0.25) is 5.02 Å². The van der Waals surface area contributed by atoms with Gasteiger partial charge in [-0.1, -0.05) is 17.7 Å². The predicted molar refractivity (Wildman–Crippen MR) is 99.9 cm³/mol. The monoisotopic (exact) mass is 389 g/mol. The molecular weight excluding hydrogens is 374 g/mol. The number of aromatic hydroxyl groups is 1. The van der Waals surface area contributed by atoms with Gasteiger partial charge in [0.15, 0.2) is 17.2 Å². The van der Waals surface area contributed by atoms with Gasteiger partial charge in [-0.2, -0.15) is 0 Å². The van der Waals surface area contributed by atoms with E-state index in [1.54, 1.807) is 18.2 Å². The smallest absolute Gasteiger partial charge is 0.295 e. The Bertz CT molecular complexity index is 1020. The number of carbonyl (C=O) groups is 1. The van der Waals surface area contributed by atoms with Crippen LogP contribution in [0.4, 0.5) is 5.69 Å². The molecule has 0 aliphatic rings. The molecule has 140 valence electrons. The van der Waals surface area contributed by atoms with E-state index in [0.29, 0.717) is 33.2 Å². The zero-order valence-electron chi connectivity index (χ0n) is 14.7. The van der Waals surface area contributed by atoms with Crippen LogP contribution in [-0.2, 0) is 0 Å². The molecule has 0 aliphatic carbocycles. The summed E-state index contributed by atoms with van der Waals surface area (Å²) < 4.78 is 15.7. The fraction of sp³-hybridized carbons (Fsp3) is 0.167. The van der Waals surface area contributed by atoms with Gasteiger partial charge in [0.25, 0.3) is 5.91 Å². The summed E-state index contributed by atoms with van der Waals surface area (Å²) in [6.07, 6.45) is 0. The van der Waals surface area contributed by atoms with Gasteiger partial charge in [0.2, 0.25) is 11.6 Å². The van der Waals surface area contributed by atoms with Gasteiger partial charge in [0.1, 0.15) is 0 Å². The summed E-state index contributed by atoms with van der Waals surface area (Å²) in [6.45, 7) is 0. The maximum atomic E-state index is 12.5. The fourth-order valence-corrected chi connectivity index (χ4v) is 2.89. The third kappa shape index (κ3) is 3.39. The van der Waals surface area contributed by atoms with Crippen LogP contribution in [0, 0.1) is 0 Å². The molecule has 2 N–H and O–H groups in total. The Labute approximate surface area is 159 Å². The fourth-order valence-electron chi connectivity index (χ4n) is 2.63. The average molecular weight is 390 g/mol. The third-order valence-corrected chi connectivity index (χ3v) is 4.20. The van der Waals surface area contributed by atoms with Crippen molar-refractivity contribution in [3.05, 3.63) is 40.9 Å². The molecule has 0 atom stereocenters. The lowest BCUT2D eigenvalue weighted by atomic mass is 10.1. The molecule has 0 saturated carbocycles. The van der Waals surface area contributed by atoms with Crippen LogP contribution in [0.3, 0.4) is 0 Å².